The van der Waals surface area contributed by atoms with Gasteiger partial charge < -0.3 is 15.0 Å². The van der Waals surface area contributed by atoms with Gasteiger partial charge in [-0.2, -0.15) is 0 Å². The third kappa shape index (κ3) is 6.99. The third-order valence-electron chi connectivity index (χ3n) is 2.24. The lowest BCUT2D eigenvalue weighted by molar-refractivity contribution is 0.119. The maximum atomic E-state index is 5.44. The summed E-state index contributed by atoms with van der Waals surface area (Å²) in [5, 5.41) is 3.40. The van der Waals surface area contributed by atoms with Crippen molar-refractivity contribution in [3.8, 4) is 0 Å². The molecule has 0 radical (unpaired) electrons. The number of nitrogens with zero attached hydrogens (tertiary/aromatic N) is 1. The molecule has 78 valence electrons. The van der Waals surface area contributed by atoms with Gasteiger partial charge in [0, 0.05) is 13.1 Å². The average molecular weight is 186 g/mol. The number of hydrogen-bond donors (Lipinski definition) is 1. The maximum Gasteiger partial charge on any atom is 0.0593 e. The monoisotopic (exact) mass is 186 g/mol. The van der Waals surface area contributed by atoms with E-state index in [1.807, 2.05) is 0 Å². The van der Waals surface area contributed by atoms with Gasteiger partial charge in [-0.15, -0.1) is 0 Å². The molecule has 0 aromatic rings. The molecule has 0 unspecified atom stereocenters. The standard InChI is InChI=1S/C10H22N2O/c1-12(2)6-8-13-7-5-11-9-10-3-4-10/h10-11H,3-9H2,1-2H3. The minimum absolute atomic E-state index is 0.845. The van der Waals surface area contributed by atoms with Crippen molar-refractivity contribution in [3.05, 3.63) is 0 Å². The van der Waals surface area contributed by atoms with Crippen LogP contribution in [-0.4, -0.2) is 51.8 Å². The first-order valence-electron chi connectivity index (χ1n) is 5.22. The second kappa shape index (κ2) is 6.35. The number of rotatable bonds is 8. The van der Waals surface area contributed by atoms with Gasteiger partial charge in [-0.05, 0) is 39.4 Å². The molecule has 1 N–H and O–H groups in total. The Labute approximate surface area is 81.4 Å². The average Bonchev–Trinajstić information content (AvgIpc) is 2.86. The van der Waals surface area contributed by atoms with Crippen molar-refractivity contribution in [3.63, 3.8) is 0 Å². The van der Waals surface area contributed by atoms with Crippen LogP contribution in [0.5, 0.6) is 0 Å². The fourth-order valence-corrected chi connectivity index (χ4v) is 1.12. The summed E-state index contributed by atoms with van der Waals surface area (Å²) in [6, 6.07) is 0. The normalized spacial score (nSPS) is 16.8. The Morgan fingerprint density at radius 1 is 1.31 bits per heavy atom. The van der Waals surface area contributed by atoms with E-state index < -0.39 is 0 Å². The molecule has 0 bridgehead atoms. The first-order valence-corrected chi connectivity index (χ1v) is 5.22. The lowest BCUT2D eigenvalue weighted by Crippen LogP contribution is -2.24. The van der Waals surface area contributed by atoms with Crippen LogP contribution in [0.4, 0.5) is 0 Å². The number of nitrogens with one attached hydrogen (secondary N) is 1. The zero-order valence-corrected chi connectivity index (χ0v) is 8.88. The third-order valence-corrected chi connectivity index (χ3v) is 2.24. The Morgan fingerprint density at radius 2 is 2.08 bits per heavy atom. The van der Waals surface area contributed by atoms with E-state index in [-0.39, 0.29) is 0 Å². The summed E-state index contributed by atoms with van der Waals surface area (Å²) in [6.45, 7) is 4.91. The van der Waals surface area contributed by atoms with Crippen molar-refractivity contribution < 1.29 is 4.74 Å². The van der Waals surface area contributed by atoms with Crippen LogP contribution >= 0.6 is 0 Å². The fourth-order valence-electron chi connectivity index (χ4n) is 1.12. The van der Waals surface area contributed by atoms with Gasteiger partial charge in [0.25, 0.3) is 0 Å². The van der Waals surface area contributed by atoms with Gasteiger partial charge in [0.05, 0.1) is 13.2 Å². The van der Waals surface area contributed by atoms with Crippen LogP contribution < -0.4 is 5.32 Å². The van der Waals surface area contributed by atoms with Gasteiger partial charge in [0.15, 0.2) is 0 Å². The first-order chi connectivity index (χ1) is 6.29. The number of ether oxygens (including phenoxy) is 1. The molecule has 0 atom stereocenters. The summed E-state index contributed by atoms with van der Waals surface area (Å²) >= 11 is 0. The summed E-state index contributed by atoms with van der Waals surface area (Å²) in [5.41, 5.74) is 0. The molecule has 13 heavy (non-hydrogen) atoms. The lowest BCUT2D eigenvalue weighted by atomic mass is 10.4. The smallest absolute Gasteiger partial charge is 0.0593 e. The van der Waals surface area contributed by atoms with Crippen molar-refractivity contribution in [2.24, 2.45) is 5.92 Å². The van der Waals surface area contributed by atoms with Crippen LogP contribution in [0.25, 0.3) is 0 Å². The molecule has 0 aliphatic heterocycles. The summed E-state index contributed by atoms with van der Waals surface area (Å²) in [5.74, 6) is 0.974. The van der Waals surface area contributed by atoms with Crippen molar-refractivity contribution >= 4 is 0 Å². The Balaban J connectivity index is 1.68. The summed E-state index contributed by atoms with van der Waals surface area (Å²) in [6.07, 6.45) is 2.85. The van der Waals surface area contributed by atoms with Crippen molar-refractivity contribution in [2.75, 3.05) is 46.9 Å². The topological polar surface area (TPSA) is 24.5 Å². The van der Waals surface area contributed by atoms with E-state index in [1.54, 1.807) is 0 Å². The highest BCUT2D eigenvalue weighted by Gasteiger charge is 2.19. The van der Waals surface area contributed by atoms with Crippen LogP contribution in [0.15, 0.2) is 0 Å². The lowest BCUT2D eigenvalue weighted by Gasteiger charge is -2.09. The Hall–Kier alpha value is -0.120. The van der Waals surface area contributed by atoms with Gasteiger partial charge in [-0.1, -0.05) is 0 Å². The Kier molecular flexibility index (Phi) is 5.35. The Bertz CT molecular complexity index is 118. The molecule has 3 nitrogen and oxygen atoms in total. The van der Waals surface area contributed by atoms with Crippen LogP contribution in [0.1, 0.15) is 12.8 Å². The highest BCUT2D eigenvalue weighted by Crippen LogP contribution is 2.27. The molecule has 0 saturated heterocycles. The van der Waals surface area contributed by atoms with Gasteiger partial charge in [0.1, 0.15) is 0 Å². The molecule has 0 heterocycles. The minimum atomic E-state index is 0.845. The van der Waals surface area contributed by atoms with E-state index in [0.717, 1.165) is 32.2 Å². The summed E-state index contributed by atoms with van der Waals surface area (Å²) < 4.78 is 5.44. The van der Waals surface area contributed by atoms with E-state index in [1.165, 1.54) is 19.4 Å². The van der Waals surface area contributed by atoms with Crippen LogP contribution in [0.3, 0.4) is 0 Å². The molecule has 0 aromatic heterocycles. The highest BCUT2D eigenvalue weighted by molar-refractivity contribution is 4.74. The molecule has 3 heteroatoms. The molecular weight excluding hydrogens is 164 g/mol. The van der Waals surface area contributed by atoms with E-state index in [0.29, 0.717) is 0 Å². The maximum absolute atomic E-state index is 5.44. The molecule has 0 spiro atoms. The number of hydrogen-bond acceptors (Lipinski definition) is 3. The predicted octanol–water partition coefficient (Wildman–Crippen LogP) is 0.564. The van der Waals surface area contributed by atoms with E-state index in [2.05, 4.69) is 24.3 Å². The quantitative estimate of drug-likeness (QED) is 0.561. The van der Waals surface area contributed by atoms with Crippen LogP contribution in [0, 0.1) is 5.92 Å². The predicted molar refractivity (Wildman–Crippen MR) is 55.0 cm³/mol. The SMILES string of the molecule is CN(C)CCOCCNCC1CC1. The fraction of sp³-hybridized carbons (Fsp3) is 1.00. The van der Waals surface area contributed by atoms with Crippen molar-refractivity contribution in [1.29, 1.82) is 0 Å². The summed E-state index contributed by atoms with van der Waals surface area (Å²) in [7, 11) is 4.13. The molecule has 1 rings (SSSR count). The zero-order chi connectivity index (χ0) is 9.52. The molecule has 1 saturated carbocycles. The van der Waals surface area contributed by atoms with Crippen molar-refractivity contribution in [1.82, 2.24) is 10.2 Å². The highest BCUT2D eigenvalue weighted by atomic mass is 16.5. The second-order valence-electron chi connectivity index (χ2n) is 4.06. The van der Waals surface area contributed by atoms with E-state index in [9.17, 15) is 0 Å². The largest absolute Gasteiger partial charge is 0.379 e. The second-order valence-corrected chi connectivity index (χ2v) is 4.06. The van der Waals surface area contributed by atoms with E-state index >= 15 is 0 Å². The van der Waals surface area contributed by atoms with Gasteiger partial charge >= 0.3 is 0 Å². The van der Waals surface area contributed by atoms with Crippen molar-refractivity contribution in [2.45, 2.75) is 12.8 Å². The van der Waals surface area contributed by atoms with E-state index in [4.69, 9.17) is 4.74 Å². The number of likely N-dealkylation sites (N-methyl/N-ethyl adjacent to an activating group) is 1. The van der Waals surface area contributed by atoms with Crippen LogP contribution in [-0.2, 0) is 4.74 Å². The van der Waals surface area contributed by atoms with Crippen LogP contribution in [0.2, 0.25) is 0 Å². The first kappa shape index (κ1) is 11.0. The molecular formula is C10H22N2O. The molecule has 1 aliphatic carbocycles. The van der Waals surface area contributed by atoms with Gasteiger partial charge in [-0.25, -0.2) is 0 Å². The molecule has 1 aliphatic rings. The summed E-state index contributed by atoms with van der Waals surface area (Å²) in [4.78, 5) is 2.14. The molecule has 0 amide bonds. The zero-order valence-electron chi connectivity index (χ0n) is 8.88. The Morgan fingerprint density at radius 3 is 2.69 bits per heavy atom. The van der Waals surface area contributed by atoms with Gasteiger partial charge in [0.2, 0.25) is 0 Å². The van der Waals surface area contributed by atoms with Gasteiger partial charge in [-0.3, -0.25) is 0 Å². The molecule has 0 aromatic carbocycles. The molecule has 1 fully saturated rings. The minimum Gasteiger partial charge on any atom is -0.379 e.